The molecule has 0 radical (unpaired) electrons. The molecule has 0 bridgehead atoms. The SMILES string of the molecule is CC(C)(C)C(=O)Nc1nc(NC(=O)C(C)(C)C)c2cc(CO)ccc2n1. The summed E-state index contributed by atoms with van der Waals surface area (Å²) in [6.45, 7) is 10.6. The molecule has 0 atom stereocenters. The van der Waals surface area contributed by atoms with Crippen LogP contribution in [0.5, 0.6) is 0 Å². The molecule has 140 valence electrons. The largest absolute Gasteiger partial charge is 0.392 e. The summed E-state index contributed by atoms with van der Waals surface area (Å²) in [6.07, 6.45) is 0. The van der Waals surface area contributed by atoms with Crippen molar-refractivity contribution in [2.24, 2.45) is 10.8 Å². The number of anilines is 2. The van der Waals surface area contributed by atoms with Crippen molar-refractivity contribution in [3.05, 3.63) is 23.8 Å². The summed E-state index contributed by atoms with van der Waals surface area (Å²) in [7, 11) is 0. The second-order valence-electron chi connectivity index (χ2n) is 8.31. The number of carbonyl (C=O) groups excluding carboxylic acids is 2. The van der Waals surface area contributed by atoms with Crippen LogP contribution in [0.1, 0.15) is 47.1 Å². The van der Waals surface area contributed by atoms with Crippen molar-refractivity contribution in [1.82, 2.24) is 9.97 Å². The maximum atomic E-state index is 12.4. The number of aliphatic hydroxyl groups excluding tert-OH is 1. The summed E-state index contributed by atoms with van der Waals surface area (Å²) in [5.41, 5.74) is 0.0265. The van der Waals surface area contributed by atoms with Crippen molar-refractivity contribution in [2.45, 2.75) is 48.1 Å². The van der Waals surface area contributed by atoms with E-state index in [4.69, 9.17) is 0 Å². The third kappa shape index (κ3) is 4.54. The van der Waals surface area contributed by atoms with Crippen LogP contribution in [0.3, 0.4) is 0 Å². The van der Waals surface area contributed by atoms with E-state index >= 15 is 0 Å². The molecule has 0 saturated carbocycles. The highest BCUT2D eigenvalue weighted by molar-refractivity contribution is 6.02. The minimum absolute atomic E-state index is 0.124. The van der Waals surface area contributed by atoms with E-state index in [-0.39, 0.29) is 24.4 Å². The summed E-state index contributed by atoms with van der Waals surface area (Å²) in [4.78, 5) is 33.4. The van der Waals surface area contributed by atoms with E-state index in [1.165, 1.54) is 0 Å². The van der Waals surface area contributed by atoms with Crippen molar-refractivity contribution in [2.75, 3.05) is 10.6 Å². The number of aliphatic hydroxyl groups is 1. The molecule has 0 aliphatic heterocycles. The molecule has 0 aliphatic rings. The Morgan fingerprint density at radius 3 is 2.08 bits per heavy atom. The van der Waals surface area contributed by atoms with Crippen LogP contribution < -0.4 is 10.6 Å². The highest BCUT2D eigenvalue weighted by atomic mass is 16.3. The van der Waals surface area contributed by atoms with Gasteiger partial charge in [0.2, 0.25) is 17.8 Å². The maximum Gasteiger partial charge on any atom is 0.232 e. The molecule has 0 spiro atoms. The lowest BCUT2D eigenvalue weighted by Gasteiger charge is -2.20. The Labute approximate surface area is 153 Å². The van der Waals surface area contributed by atoms with E-state index in [0.29, 0.717) is 22.3 Å². The van der Waals surface area contributed by atoms with Crippen molar-refractivity contribution in [3.8, 4) is 0 Å². The molecule has 0 aliphatic carbocycles. The Kier molecular flexibility index (Phi) is 5.32. The molecule has 0 fully saturated rings. The summed E-state index contributed by atoms with van der Waals surface area (Å²) in [6, 6.07) is 5.19. The van der Waals surface area contributed by atoms with Crippen molar-refractivity contribution >= 4 is 34.5 Å². The van der Waals surface area contributed by atoms with Gasteiger partial charge in [-0.15, -0.1) is 0 Å². The van der Waals surface area contributed by atoms with Crippen molar-refractivity contribution < 1.29 is 14.7 Å². The number of rotatable bonds is 3. The Morgan fingerprint density at radius 1 is 0.962 bits per heavy atom. The molecule has 0 saturated heterocycles. The zero-order chi connectivity index (χ0) is 19.7. The van der Waals surface area contributed by atoms with Crippen LogP contribution in [0.25, 0.3) is 10.9 Å². The predicted molar refractivity (Wildman–Crippen MR) is 102 cm³/mol. The second kappa shape index (κ2) is 6.99. The lowest BCUT2D eigenvalue weighted by atomic mass is 9.95. The van der Waals surface area contributed by atoms with Gasteiger partial charge in [0.15, 0.2) is 0 Å². The van der Waals surface area contributed by atoms with Gasteiger partial charge >= 0.3 is 0 Å². The van der Waals surface area contributed by atoms with Crippen LogP contribution in [-0.4, -0.2) is 26.9 Å². The van der Waals surface area contributed by atoms with Gasteiger partial charge in [0.05, 0.1) is 12.1 Å². The molecule has 1 heterocycles. The van der Waals surface area contributed by atoms with Gasteiger partial charge in [-0.3, -0.25) is 14.9 Å². The number of benzene rings is 1. The molecular formula is C19H26N4O3. The molecule has 7 heteroatoms. The van der Waals surface area contributed by atoms with Crippen LogP contribution in [0.15, 0.2) is 18.2 Å². The van der Waals surface area contributed by atoms with Crippen LogP contribution >= 0.6 is 0 Å². The molecule has 2 rings (SSSR count). The second-order valence-corrected chi connectivity index (χ2v) is 8.31. The first-order valence-electron chi connectivity index (χ1n) is 8.46. The van der Waals surface area contributed by atoms with Gasteiger partial charge in [0.1, 0.15) is 5.82 Å². The summed E-state index contributed by atoms with van der Waals surface area (Å²) < 4.78 is 0. The first-order chi connectivity index (χ1) is 11.9. The minimum atomic E-state index is -0.610. The molecule has 2 amide bonds. The first-order valence-corrected chi connectivity index (χ1v) is 8.46. The van der Waals surface area contributed by atoms with Gasteiger partial charge in [-0.25, -0.2) is 4.98 Å². The Balaban J connectivity index is 2.53. The lowest BCUT2D eigenvalue weighted by Crippen LogP contribution is -2.30. The maximum absolute atomic E-state index is 12.4. The van der Waals surface area contributed by atoms with Crippen molar-refractivity contribution in [3.63, 3.8) is 0 Å². The monoisotopic (exact) mass is 358 g/mol. The van der Waals surface area contributed by atoms with Gasteiger partial charge in [-0.2, -0.15) is 4.98 Å². The number of carbonyl (C=O) groups is 2. The number of hydrogen-bond donors (Lipinski definition) is 3. The summed E-state index contributed by atoms with van der Waals surface area (Å²) in [5, 5.41) is 15.5. The summed E-state index contributed by atoms with van der Waals surface area (Å²) >= 11 is 0. The molecule has 26 heavy (non-hydrogen) atoms. The topological polar surface area (TPSA) is 104 Å². The van der Waals surface area contributed by atoms with E-state index in [1.807, 2.05) is 0 Å². The Bertz CT molecular complexity index is 848. The van der Waals surface area contributed by atoms with E-state index in [9.17, 15) is 14.7 Å². The smallest absolute Gasteiger partial charge is 0.232 e. The number of nitrogens with one attached hydrogen (secondary N) is 2. The molecule has 0 unspecified atom stereocenters. The van der Waals surface area contributed by atoms with E-state index in [2.05, 4.69) is 20.6 Å². The fraction of sp³-hybridized carbons (Fsp3) is 0.474. The average Bonchev–Trinajstić information content (AvgIpc) is 2.52. The van der Waals surface area contributed by atoms with Gasteiger partial charge < -0.3 is 10.4 Å². The van der Waals surface area contributed by atoms with Gasteiger partial charge in [0, 0.05) is 16.2 Å². The van der Waals surface area contributed by atoms with E-state index in [1.54, 1.807) is 59.7 Å². The highest BCUT2D eigenvalue weighted by Gasteiger charge is 2.25. The predicted octanol–water partition coefficient (Wildman–Crippen LogP) is 3.09. The zero-order valence-corrected chi connectivity index (χ0v) is 16.1. The Hall–Kier alpha value is -2.54. The van der Waals surface area contributed by atoms with E-state index in [0.717, 1.165) is 0 Å². The van der Waals surface area contributed by atoms with Gasteiger partial charge in [0.25, 0.3) is 0 Å². The zero-order valence-electron chi connectivity index (χ0n) is 16.1. The van der Waals surface area contributed by atoms with Crippen LogP contribution in [0.4, 0.5) is 11.8 Å². The van der Waals surface area contributed by atoms with Crippen molar-refractivity contribution in [1.29, 1.82) is 0 Å². The first kappa shape index (κ1) is 19.8. The molecular weight excluding hydrogens is 332 g/mol. The van der Waals surface area contributed by atoms with Crippen LogP contribution in [0, 0.1) is 10.8 Å². The fourth-order valence-electron chi connectivity index (χ4n) is 2.01. The highest BCUT2D eigenvalue weighted by Crippen LogP contribution is 2.26. The lowest BCUT2D eigenvalue weighted by molar-refractivity contribution is -0.123. The molecule has 1 aromatic heterocycles. The number of hydrogen-bond acceptors (Lipinski definition) is 5. The van der Waals surface area contributed by atoms with Crippen LogP contribution in [-0.2, 0) is 16.2 Å². The Morgan fingerprint density at radius 2 is 1.54 bits per heavy atom. The number of fused-ring (bicyclic) bond motifs is 1. The van der Waals surface area contributed by atoms with Gasteiger partial charge in [-0.05, 0) is 17.7 Å². The van der Waals surface area contributed by atoms with E-state index < -0.39 is 10.8 Å². The van der Waals surface area contributed by atoms with Crippen LogP contribution in [0.2, 0.25) is 0 Å². The number of aromatic nitrogens is 2. The fourth-order valence-corrected chi connectivity index (χ4v) is 2.01. The normalized spacial score (nSPS) is 12.1. The third-order valence-electron chi connectivity index (χ3n) is 3.76. The standard InChI is InChI=1S/C19H26N4O3/c1-18(2,3)15(25)21-14-12-9-11(10-24)7-8-13(12)20-17(22-14)23-16(26)19(4,5)6/h7-9,24H,10H2,1-6H3,(H2,20,21,22,23,25,26). The molecule has 7 nitrogen and oxygen atoms in total. The number of nitrogens with zero attached hydrogens (tertiary/aromatic N) is 2. The molecule has 3 N–H and O–H groups in total. The minimum Gasteiger partial charge on any atom is -0.392 e. The van der Waals surface area contributed by atoms with Gasteiger partial charge in [-0.1, -0.05) is 47.6 Å². The molecule has 1 aromatic carbocycles. The number of amides is 2. The molecule has 2 aromatic rings. The summed E-state index contributed by atoms with van der Waals surface area (Å²) in [5.74, 6) is -0.00950. The quantitative estimate of drug-likeness (QED) is 0.782. The average molecular weight is 358 g/mol. The third-order valence-corrected chi connectivity index (χ3v) is 3.76.